The molecule has 0 spiro atoms. The molecular weight excluding hydrogens is 181 g/mol. The summed E-state index contributed by atoms with van der Waals surface area (Å²) in [6.45, 7) is 1.80. The van der Waals surface area contributed by atoms with Gasteiger partial charge in [-0.25, -0.2) is 4.39 Å². The van der Waals surface area contributed by atoms with Crippen molar-refractivity contribution in [3.05, 3.63) is 29.1 Å². The number of nitrogen functional groups attached to an aromatic ring is 1. The number of nitrogens with two attached hydrogens (primary N) is 1. The van der Waals surface area contributed by atoms with E-state index in [1.807, 2.05) is 0 Å². The van der Waals surface area contributed by atoms with Crippen molar-refractivity contribution in [2.24, 2.45) is 0 Å². The third-order valence-corrected chi connectivity index (χ3v) is 1.87. The molecule has 0 aliphatic rings. The second-order valence-electron chi connectivity index (χ2n) is 2.94. The molecule has 74 valence electrons. The van der Waals surface area contributed by atoms with Gasteiger partial charge in [-0.1, -0.05) is 11.8 Å². The molecule has 0 atom stereocenters. The molecule has 0 fully saturated rings. The van der Waals surface area contributed by atoms with Gasteiger partial charge in [0.2, 0.25) is 0 Å². The molecule has 2 nitrogen and oxygen atoms in total. The minimum Gasteiger partial charge on any atom is -0.398 e. The number of rotatable bonds is 1. The predicted octanol–water partition coefficient (Wildman–Crippen LogP) is 1.45. The third-order valence-electron chi connectivity index (χ3n) is 1.87. The number of hydrogen-bond donors (Lipinski definition) is 2. The third kappa shape index (κ3) is 2.48. The van der Waals surface area contributed by atoms with Gasteiger partial charge in [-0.15, -0.1) is 0 Å². The van der Waals surface area contributed by atoms with E-state index in [1.54, 1.807) is 6.92 Å². The Balaban J connectivity index is 3.04. The fourth-order valence-corrected chi connectivity index (χ4v) is 1.04. The molecule has 0 saturated heterocycles. The Hall–Kier alpha value is -1.53. The first-order chi connectivity index (χ1) is 6.65. The summed E-state index contributed by atoms with van der Waals surface area (Å²) in [5.41, 5.74) is 7.32. The van der Waals surface area contributed by atoms with Gasteiger partial charge in [0.1, 0.15) is 5.82 Å². The number of halogens is 1. The average Bonchev–Trinajstić information content (AvgIpc) is 2.13. The number of aliphatic hydroxyl groups excluding tert-OH is 1. The standard InChI is InChI=1S/C11H12FNO/c1-8-9(4-2-3-5-14)6-10(12)7-11(8)13/h6-7,14H,3,5,13H2,1H3. The monoisotopic (exact) mass is 193 g/mol. The second-order valence-corrected chi connectivity index (χ2v) is 2.94. The summed E-state index contributed by atoms with van der Waals surface area (Å²) in [5.74, 6) is 5.10. The van der Waals surface area contributed by atoms with E-state index in [-0.39, 0.29) is 12.4 Å². The lowest BCUT2D eigenvalue weighted by Crippen LogP contribution is -1.94. The van der Waals surface area contributed by atoms with E-state index in [9.17, 15) is 4.39 Å². The molecule has 3 heteroatoms. The number of aliphatic hydroxyl groups is 1. The molecule has 0 radical (unpaired) electrons. The highest BCUT2D eigenvalue weighted by Crippen LogP contribution is 2.17. The highest BCUT2D eigenvalue weighted by atomic mass is 19.1. The summed E-state index contributed by atoms with van der Waals surface area (Å²) >= 11 is 0. The van der Waals surface area contributed by atoms with E-state index >= 15 is 0 Å². The molecular formula is C11H12FNO. The van der Waals surface area contributed by atoms with E-state index in [2.05, 4.69) is 11.8 Å². The second kappa shape index (κ2) is 4.64. The maximum Gasteiger partial charge on any atom is 0.126 e. The smallest absolute Gasteiger partial charge is 0.126 e. The lowest BCUT2D eigenvalue weighted by molar-refractivity contribution is 0.305. The van der Waals surface area contributed by atoms with Crippen molar-refractivity contribution in [2.75, 3.05) is 12.3 Å². The summed E-state index contributed by atoms with van der Waals surface area (Å²) in [6.07, 6.45) is 0.385. The van der Waals surface area contributed by atoms with Crippen LogP contribution in [0.25, 0.3) is 0 Å². The van der Waals surface area contributed by atoms with E-state index < -0.39 is 0 Å². The molecule has 0 aliphatic carbocycles. The van der Waals surface area contributed by atoms with Crippen LogP contribution in [0.1, 0.15) is 17.5 Å². The van der Waals surface area contributed by atoms with Gasteiger partial charge in [-0.05, 0) is 24.6 Å². The summed E-state index contributed by atoms with van der Waals surface area (Å²) in [5, 5.41) is 8.52. The molecule has 0 amide bonds. The highest BCUT2D eigenvalue weighted by Gasteiger charge is 2.01. The Morgan fingerprint density at radius 1 is 1.50 bits per heavy atom. The van der Waals surface area contributed by atoms with Crippen LogP contribution in [-0.4, -0.2) is 11.7 Å². The van der Waals surface area contributed by atoms with Crippen LogP contribution in [0.2, 0.25) is 0 Å². The van der Waals surface area contributed by atoms with E-state index in [4.69, 9.17) is 10.8 Å². The fraction of sp³-hybridized carbons (Fsp3) is 0.273. The zero-order valence-electron chi connectivity index (χ0n) is 7.97. The zero-order chi connectivity index (χ0) is 10.6. The van der Waals surface area contributed by atoms with Gasteiger partial charge in [0.15, 0.2) is 0 Å². The van der Waals surface area contributed by atoms with Crippen molar-refractivity contribution in [3.63, 3.8) is 0 Å². The average molecular weight is 193 g/mol. The van der Waals surface area contributed by atoms with Crippen LogP contribution in [0.4, 0.5) is 10.1 Å². The summed E-state index contributed by atoms with van der Waals surface area (Å²) in [7, 11) is 0. The molecule has 0 aromatic heterocycles. The molecule has 1 aromatic carbocycles. The van der Waals surface area contributed by atoms with Crippen LogP contribution in [0.5, 0.6) is 0 Å². The topological polar surface area (TPSA) is 46.2 Å². The van der Waals surface area contributed by atoms with E-state index in [1.165, 1.54) is 12.1 Å². The van der Waals surface area contributed by atoms with Crippen LogP contribution < -0.4 is 5.73 Å². The SMILES string of the molecule is Cc1c(N)cc(F)cc1C#CCCO. The van der Waals surface area contributed by atoms with Crippen molar-refractivity contribution in [1.82, 2.24) is 0 Å². The van der Waals surface area contributed by atoms with Gasteiger partial charge in [0.05, 0.1) is 6.61 Å². The molecule has 1 aromatic rings. The zero-order valence-corrected chi connectivity index (χ0v) is 7.97. The van der Waals surface area contributed by atoms with Gasteiger partial charge in [-0.2, -0.15) is 0 Å². The van der Waals surface area contributed by atoms with Crippen LogP contribution in [-0.2, 0) is 0 Å². The molecule has 0 saturated carbocycles. The van der Waals surface area contributed by atoms with Crippen molar-refractivity contribution < 1.29 is 9.50 Å². The lowest BCUT2D eigenvalue weighted by Gasteiger charge is -2.02. The molecule has 0 bridgehead atoms. The van der Waals surface area contributed by atoms with E-state index in [0.29, 0.717) is 17.7 Å². The Labute approximate surface area is 82.6 Å². The first kappa shape index (κ1) is 10.6. The van der Waals surface area contributed by atoms with Crippen molar-refractivity contribution in [1.29, 1.82) is 0 Å². The van der Waals surface area contributed by atoms with Gasteiger partial charge < -0.3 is 10.8 Å². The number of benzene rings is 1. The Morgan fingerprint density at radius 2 is 2.21 bits per heavy atom. The lowest BCUT2D eigenvalue weighted by atomic mass is 10.1. The largest absolute Gasteiger partial charge is 0.398 e. The molecule has 14 heavy (non-hydrogen) atoms. The van der Waals surface area contributed by atoms with Crippen molar-refractivity contribution in [3.8, 4) is 11.8 Å². The molecule has 1 rings (SSSR count). The minimum absolute atomic E-state index is 0.0108. The van der Waals surface area contributed by atoms with E-state index in [0.717, 1.165) is 5.56 Å². The molecule has 0 heterocycles. The van der Waals surface area contributed by atoms with Crippen LogP contribution in [0, 0.1) is 24.6 Å². The quantitative estimate of drug-likeness (QED) is 0.523. The maximum absolute atomic E-state index is 12.9. The fourth-order valence-electron chi connectivity index (χ4n) is 1.04. The van der Waals surface area contributed by atoms with Gasteiger partial charge in [-0.3, -0.25) is 0 Å². The molecule has 3 N–H and O–H groups in total. The minimum atomic E-state index is -0.388. The maximum atomic E-state index is 12.9. The first-order valence-electron chi connectivity index (χ1n) is 4.30. The predicted molar refractivity (Wildman–Crippen MR) is 54.1 cm³/mol. The Bertz CT molecular complexity index is 390. The van der Waals surface area contributed by atoms with Crippen LogP contribution >= 0.6 is 0 Å². The Morgan fingerprint density at radius 3 is 2.86 bits per heavy atom. The normalized spacial score (nSPS) is 9.36. The van der Waals surface area contributed by atoms with Crippen molar-refractivity contribution >= 4 is 5.69 Å². The first-order valence-corrected chi connectivity index (χ1v) is 4.30. The molecule has 0 aliphatic heterocycles. The summed E-state index contributed by atoms with van der Waals surface area (Å²) < 4.78 is 12.9. The summed E-state index contributed by atoms with van der Waals surface area (Å²) in [6, 6.07) is 2.61. The highest BCUT2D eigenvalue weighted by molar-refractivity contribution is 5.55. The molecule has 0 unspecified atom stereocenters. The van der Waals surface area contributed by atoms with Crippen LogP contribution in [0.3, 0.4) is 0 Å². The number of anilines is 1. The van der Waals surface area contributed by atoms with Gasteiger partial charge >= 0.3 is 0 Å². The number of hydrogen-bond acceptors (Lipinski definition) is 2. The van der Waals surface area contributed by atoms with Gasteiger partial charge in [0.25, 0.3) is 0 Å². The van der Waals surface area contributed by atoms with Crippen LogP contribution in [0.15, 0.2) is 12.1 Å². The van der Waals surface area contributed by atoms with Crippen molar-refractivity contribution in [2.45, 2.75) is 13.3 Å². The van der Waals surface area contributed by atoms with Gasteiger partial charge in [0, 0.05) is 17.7 Å². The Kier molecular flexibility index (Phi) is 3.49. The summed E-state index contributed by atoms with van der Waals surface area (Å²) in [4.78, 5) is 0.